The first kappa shape index (κ1) is 17.3. The monoisotopic (exact) mass is 385 g/mol. The van der Waals surface area contributed by atoms with Crippen LogP contribution in [-0.2, 0) is 24.2 Å². The Morgan fingerprint density at radius 2 is 2.15 bits per heavy atom. The summed E-state index contributed by atoms with van der Waals surface area (Å²) in [5, 5.41) is 11.4. The van der Waals surface area contributed by atoms with E-state index in [0.29, 0.717) is 10.2 Å². The van der Waals surface area contributed by atoms with Crippen LogP contribution in [0.5, 0.6) is 0 Å². The summed E-state index contributed by atoms with van der Waals surface area (Å²) < 4.78 is 5.17. The van der Waals surface area contributed by atoms with Crippen LogP contribution in [0, 0.1) is 10.1 Å². The predicted molar refractivity (Wildman–Crippen MR) is 99.1 cm³/mol. The van der Waals surface area contributed by atoms with Gasteiger partial charge in [0.2, 0.25) is 0 Å². The number of hydrogen-bond acceptors (Lipinski definition) is 7. The van der Waals surface area contributed by atoms with Gasteiger partial charge in [0.1, 0.15) is 17.3 Å². The van der Waals surface area contributed by atoms with Gasteiger partial charge < -0.3 is 9.72 Å². The first-order valence-electron chi connectivity index (χ1n) is 8.48. The van der Waals surface area contributed by atoms with Crippen molar-refractivity contribution in [2.75, 3.05) is 0 Å². The van der Waals surface area contributed by atoms with E-state index < -0.39 is 10.9 Å². The average Bonchev–Trinajstić information content (AvgIpc) is 3.05. The van der Waals surface area contributed by atoms with Gasteiger partial charge in [-0.15, -0.1) is 11.3 Å². The number of nitrogens with one attached hydrogen (secondary N) is 1. The molecule has 2 heterocycles. The number of rotatable bonds is 4. The minimum absolute atomic E-state index is 0.0687. The number of fused-ring (bicyclic) bond motifs is 3. The maximum atomic E-state index is 12.5. The third-order valence-corrected chi connectivity index (χ3v) is 5.69. The normalized spacial score (nSPS) is 13.3. The van der Waals surface area contributed by atoms with Crippen molar-refractivity contribution in [1.29, 1.82) is 0 Å². The molecule has 0 unspecified atom stereocenters. The molecular formula is C18H15N3O5S. The van der Waals surface area contributed by atoms with Gasteiger partial charge in [0.15, 0.2) is 0 Å². The van der Waals surface area contributed by atoms with Crippen LogP contribution < -0.4 is 5.56 Å². The standard InChI is InChI=1S/C18H15N3O5S/c22-16-15-12-6-1-2-7-13(12)27-17(15)20-14(19-16)9-26-18(23)10-4-3-5-11(8-10)21(24)25/h3-5,8H,1-2,6-7,9H2,(H,19,20,22). The number of aryl methyl sites for hydroxylation is 2. The van der Waals surface area contributed by atoms with Crippen molar-refractivity contribution >= 4 is 33.2 Å². The topological polar surface area (TPSA) is 115 Å². The largest absolute Gasteiger partial charge is 0.454 e. The van der Waals surface area contributed by atoms with E-state index in [1.807, 2.05) is 0 Å². The van der Waals surface area contributed by atoms with Gasteiger partial charge in [0, 0.05) is 17.0 Å². The number of aromatic amines is 1. The molecule has 2 aromatic heterocycles. The molecule has 4 rings (SSSR count). The molecule has 138 valence electrons. The highest BCUT2D eigenvalue weighted by Gasteiger charge is 2.20. The van der Waals surface area contributed by atoms with Crippen molar-refractivity contribution in [1.82, 2.24) is 9.97 Å². The second kappa shape index (κ2) is 6.92. The number of thiophene rings is 1. The van der Waals surface area contributed by atoms with E-state index in [2.05, 4.69) is 9.97 Å². The molecule has 1 aromatic carbocycles. The Morgan fingerprint density at radius 3 is 2.96 bits per heavy atom. The molecule has 8 nitrogen and oxygen atoms in total. The molecule has 3 aromatic rings. The minimum atomic E-state index is -0.716. The Hall–Kier alpha value is -3.07. The summed E-state index contributed by atoms with van der Waals surface area (Å²) in [5.41, 5.74) is 0.747. The number of non-ortho nitro benzene ring substituents is 1. The molecule has 0 saturated carbocycles. The number of esters is 1. The molecular weight excluding hydrogens is 370 g/mol. The number of ether oxygens (including phenoxy) is 1. The summed E-state index contributed by atoms with van der Waals surface area (Å²) in [6, 6.07) is 5.29. The summed E-state index contributed by atoms with van der Waals surface area (Å²) in [7, 11) is 0. The summed E-state index contributed by atoms with van der Waals surface area (Å²) in [6.07, 6.45) is 4.04. The number of nitro benzene ring substituents is 1. The van der Waals surface area contributed by atoms with Crippen LogP contribution in [0.15, 0.2) is 29.1 Å². The summed E-state index contributed by atoms with van der Waals surface area (Å²) in [6.45, 7) is -0.213. The summed E-state index contributed by atoms with van der Waals surface area (Å²) >= 11 is 1.52. The van der Waals surface area contributed by atoms with Crippen LogP contribution in [-0.4, -0.2) is 20.9 Å². The smallest absolute Gasteiger partial charge is 0.338 e. The van der Waals surface area contributed by atoms with Crippen LogP contribution in [0.4, 0.5) is 5.69 Å². The Kier molecular flexibility index (Phi) is 4.44. The first-order chi connectivity index (χ1) is 13.0. The number of benzene rings is 1. The third-order valence-electron chi connectivity index (χ3n) is 4.51. The molecule has 0 atom stereocenters. The second-order valence-electron chi connectivity index (χ2n) is 6.29. The van der Waals surface area contributed by atoms with Crippen LogP contribution in [0.3, 0.4) is 0 Å². The van der Waals surface area contributed by atoms with Crippen molar-refractivity contribution in [3.05, 3.63) is 66.6 Å². The molecule has 0 bridgehead atoms. The predicted octanol–water partition coefficient (Wildman–Crippen LogP) is 3.13. The first-order valence-corrected chi connectivity index (χ1v) is 9.29. The van der Waals surface area contributed by atoms with E-state index in [9.17, 15) is 19.7 Å². The van der Waals surface area contributed by atoms with E-state index in [4.69, 9.17) is 4.74 Å². The van der Waals surface area contributed by atoms with Gasteiger partial charge in [0.05, 0.1) is 15.9 Å². The highest BCUT2D eigenvalue weighted by molar-refractivity contribution is 7.18. The van der Waals surface area contributed by atoms with Gasteiger partial charge in [-0.3, -0.25) is 14.9 Å². The fourth-order valence-corrected chi connectivity index (χ4v) is 4.52. The number of carbonyl (C=O) groups excluding carboxylic acids is 1. The van der Waals surface area contributed by atoms with Crippen LogP contribution >= 0.6 is 11.3 Å². The Bertz CT molecular complexity index is 1120. The van der Waals surface area contributed by atoms with Crippen LogP contribution in [0.1, 0.15) is 39.5 Å². The Morgan fingerprint density at radius 1 is 1.33 bits per heavy atom. The highest BCUT2D eigenvalue weighted by Crippen LogP contribution is 2.33. The molecule has 1 N–H and O–H groups in total. The molecule has 0 saturated heterocycles. The van der Waals surface area contributed by atoms with Crippen LogP contribution in [0.25, 0.3) is 10.2 Å². The number of H-pyrrole nitrogens is 1. The Labute approximate surface area is 157 Å². The van der Waals surface area contributed by atoms with E-state index in [1.165, 1.54) is 34.4 Å². The molecule has 1 aliphatic rings. The number of nitrogens with zero attached hydrogens (tertiary/aromatic N) is 2. The van der Waals surface area contributed by atoms with Gasteiger partial charge >= 0.3 is 5.97 Å². The second-order valence-corrected chi connectivity index (χ2v) is 7.37. The van der Waals surface area contributed by atoms with E-state index >= 15 is 0 Å². The zero-order chi connectivity index (χ0) is 19.0. The van der Waals surface area contributed by atoms with Gasteiger partial charge in [-0.25, -0.2) is 9.78 Å². The van der Waals surface area contributed by atoms with Crippen molar-refractivity contribution in [3.63, 3.8) is 0 Å². The molecule has 0 spiro atoms. The molecule has 27 heavy (non-hydrogen) atoms. The lowest BCUT2D eigenvalue weighted by Gasteiger charge is -2.09. The number of hydrogen-bond donors (Lipinski definition) is 1. The quantitative estimate of drug-likeness (QED) is 0.419. The molecule has 0 radical (unpaired) electrons. The SMILES string of the molecule is O=C(OCc1nc2sc3c(c2c(=O)[nH]1)CCCC3)c1cccc([N+](=O)[O-])c1. The van der Waals surface area contributed by atoms with Gasteiger partial charge in [0.25, 0.3) is 11.2 Å². The minimum Gasteiger partial charge on any atom is -0.454 e. The van der Waals surface area contributed by atoms with Crippen LogP contribution in [0.2, 0.25) is 0 Å². The molecule has 0 amide bonds. The third kappa shape index (κ3) is 3.33. The maximum Gasteiger partial charge on any atom is 0.338 e. The molecule has 0 aliphatic heterocycles. The average molecular weight is 385 g/mol. The van der Waals surface area contributed by atoms with E-state index in [0.717, 1.165) is 37.3 Å². The Balaban J connectivity index is 1.55. The van der Waals surface area contributed by atoms with Crippen molar-refractivity contribution in [2.24, 2.45) is 0 Å². The zero-order valence-corrected chi connectivity index (χ0v) is 15.0. The molecule has 1 aliphatic carbocycles. The number of carbonyl (C=O) groups is 1. The molecule has 0 fully saturated rings. The lowest BCUT2D eigenvalue weighted by molar-refractivity contribution is -0.384. The fourth-order valence-electron chi connectivity index (χ4n) is 3.24. The lowest BCUT2D eigenvalue weighted by Crippen LogP contribution is -2.15. The lowest BCUT2D eigenvalue weighted by atomic mass is 9.97. The van der Waals surface area contributed by atoms with Crippen molar-refractivity contribution in [3.8, 4) is 0 Å². The summed E-state index contributed by atoms with van der Waals surface area (Å²) in [4.78, 5) is 43.8. The fraction of sp³-hybridized carbons (Fsp3) is 0.278. The number of aromatic nitrogens is 2. The van der Waals surface area contributed by atoms with Gasteiger partial charge in [-0.05, 0) is 37.3 Å². The number of nitro groups is 1. The van der Waals surface area contributed by atoms with E-state index in [1.54, 1.807) is 0 Å². The van der Waals surface area contributed by atoms with Gasteiger partial charge in [-0.2, -0.15) is 0 Å². The highest BCUT2D eigenvalue weighted by atomic mass is 32.1. The van der Waals surface area contributed by atoms with Crippen molar-refractivity contribution < 1.29 is 14.5 Å². The maximum absolute atomic E-state index is 12.5. The van der Waals surface area contributed by atoms with Crippen molar-refractivity contribution in [2.45, 2.75) is 32.3 Å². The van der Waals surface area contributed by atoms with Gasteiger partial charge in [-0.1, -0.05) is 6.07 Å². The summed E-state index contributed by atoms with van der Waals surface area (Å²) in [5.74, 6) is -0.461. The zero-order valence-electron chi connectivity index (χ0n) is 14.2. The van der Waals surface area contributed by atoms with E-state index in [-0.39, 0.29) is 29.2 Å². The molecule has 9 heteroatoms.